The molecule has 9 nitrogen and oxygen atoms in total. The van der Waals surface area contributed by atoms with Crippen LogP contribution in [0.2, 0.25) is 0 Å². The van der Waals surface area contributed by atoms with Gasteiger partial charge >= 0.3 is 0 Å². The fraction of sp³-hybridized carbons (Fsp3) is 0.211. The molecular weight excluding hydrogens is 381 g/mol. The Morgan fingerprint density at radius 1 is 1.17 bits per heavy atom. The predicted octanol–water partition coefficient (Wildman–Crippen LogP) is 1.77. The van der Waals surface area contributed by atoms with E-state index >= 15 is 0 Å². The lowest BCUT2D eigenvalue weighted by Crippen LogP contribution is -2.43. The van der Waals surface area contributed by atoms with Gasteiger partial charge in [-0.2, -0.15) is 5.11 Å². The summed E-state index contributed by atoms with van der Waals surface area (Å²) >= 11 is 0. The van der Waals surface area contributed by atoms with E-state index in [0.29, 0.717) is 11.4 Å². The zero-order chi connectivity index (χ0) is 20.5. The average Bonchev–Trinajstić information content (AvgIpc) is 3.22. The standard InChI is InChI=1S/C19H16FN5O4/c1-29-14-7-5-13(6-8-14)25-18(27)16-17(19(25)28)24(23-22-16)10-15(26)21-12-4-2-3-11(20)9-12/h2-9,16-17H,10H2,1H3,(H,21,26). The first kappa shape index (κ1) is 18.5. The van der Waals surface area contributed by atoms with Gasteiger partial charge in [0.25, 0.3) is 11.8 Å². The number of carbonyl (C=O) groups is 3. The first-order chi connectivity index (χ1) is 14.0. The molecule has 10 heteroatoms. The van der Waals surface area contributed by atoms with Crippen molar-refractivity contribution in [2.24, 2.45) is 10.3 Å². The van der Waals surface area contributed by atoms with E-state index in [4.69, 9.17) is 4.74 Å². The molecule has 0 bridgehead atoms. The van der Waals surface area contributed by atoms with Gasteiger partial charge in [-0.25, -0.2) is 9.29 Å². The number of anilines is 2. The van der Waals surface area contributed by atoms with Crippen LogP contribution in [0.3, 0.4) is 0 Å². The van der Waals surface area contributed by atoms with Crippen LogP contribution in [-0.2, 0) is 14.4 Å². The van der Waals surface area contributed by atoms with E-state index in [2.05, 4.69) is 15.7 Å². The molecule has 2 aliphatic heterocycles. The van der Waals surface area contributed by atoms with Gasteiger partial charge in [0.1, 0.15) is 18.1 Å². The number of carbonyl (C=O) groups excluding carboxylic acids is 3. The Morgan fingerprint density at radius 2 is 1.93 bits per heavy atom. The Bertz CT molecular complexity index is 1010. The van der Waals surface area contributed by atoms with Gasteiger partial charge in [0.15, 0.2) is 12.1 Å². The smallest absolute Gasteiger partial charge is 0.263 e. The summed E-state index contributed by atoms with van der Waals surface area (Å²) in [7, 11) is 1.51. The van der Waals surface area contributed by atoms with Gasteiger partial charge < -0.3 is 10.1 Å². The number of ether oxygens (including phenoxy) is 1. The Labute approximate surface area is 164 Å². The SMILES string of the molecule is COc1ccc(N2C(=O)C3N=NN(CC(=O)Nc4cccc(F)c4)C3C2=O)cc1. The summed E-state index contributed by atoms with van der Waals surface area (Å²) < 4.78 is 18.3. The van der Waals surface area contributed by atoms with E-state index in [1.807, 2.05) is 0 Å². The van der Waals surface area contributed by atoms with E-state index in [1.54, 1.807) is 24.3 Å². The molecule has 0 aromatic heterocycles. The molecule has 0 spiro atoms. The zero-order valence-electron chi connectivity index (χ0n) is 15.3. The van der Waals surface area contributed by atoms with Crippen LogP contribution in [0.15, 0.2) is 58.9 Å². The monoisotopic (exact) mass is 397 g/mol. The van der Waals surface area contributed by atoms with Crippen molar-refractivity contribution in [1.29, 1.82) is 0 Å². The summed E-state index contributed by atoms with van der Waals surface area (Å²) in [5.74, 6) is -1.45. The summed E-state index contributed by atoms with van der Waals surface area (Å²) in [6.45, 7) is -0.309. The Kier molecular flexibility index (Phi) is 4.67. The molecule has 29 heavy (non-hydrogen) atoms. The second kappa shape index (κ2) is 7.30. The summed E-state index contributed by atoms with van der Waals surface area (Å²) in [5, 5.41) is 11.4. The number of imide groups is 1. The molecule has 2 aliphatic rings. The van der Waals surface area contributed by atoms with Gasteiger partial charge in [0.05, 0.1) is 12.8 Å². The first-order valence-electron chi connectivity index (χ1n) is 8.72. The highest BCUT2D eigenvalue weighted by Crippen LogP contribution is 2.32. The number of hydrogen-bond acceptors (Lipinski definition) is 7. The first-order valence-corrected chi connectivity index (χ1v) is 8.72. The number of amides is 3. The van der Waals surface area contributed by atoms with Crippen molar-refractivity contribution in [3.05, 3.63) is 54.3 Å². The summed E-state index contributed by atoms with van der Waals surface area (Å²) in [6, 6.07) is 9.86. The third-order valence-electron chi connectivity index (χ3n) is 4.60. The summed E-state index contributed by atoms with van der Waals surface area (Å²) in [6.07, 6.45) is 0. The number of halogens is 1. The molecule has 2 aromatic rings. The van der Waals surface area contributed by atoms with Crippen molar-refractivity contribution in [2.75, 3.05) is 23.9 Å². The molecule has 0 saturated carbocycles. The van der Waals surface area contributed by atoms with Gasteiger partial charge in [0.2, 0.25) is 5.91 Å². The second-order valence-electron chi connectivity index (χ2n) is 6.46. The van der Waals surface area contributed by atoms with E-state index in [0.717, 1.165) is 4.90 Å². The van der Waals surface area contributed by atoms with E-state index in [1.165, 1.54) is 36.4 Å². The number of benzene rings is 2. The van der Waals surface area contributed by atoms with Crippen LogP contribution >= 0.6 is 0 Å². The van der Waals surface area contributed by atoms with Gasteiger partial charge in [-0.1, -0.05) is 11.3 Å². The molecule has 1 saturated heterocycles. The van der Waals surface area contributed by atoms with E-state index in [-0.39, 0.29) is 12.2 Å². The van der Waals surface area contributed by atoms with Crippen molar-refractivity contribution in [3.8, 4) is 5.75 Å². The Hall–Kier alpha value is -3.82. The van der Waals surface area contributed by atoms with E-state index in [9.17, 15) is 18.8 Å². The van der Waals surface area contributed by atoms with Crippen LogP contribution < -0.4 is 15.0 Å². The predicted molar refractivity (Wildman–Crippen MR) is 99.7 cm³/mol. The second-order valence-corrected chi connectivity index (χ2v) is 6.46. The highest BCUT2D eigenvalue weighted by molar-refractivity contribution is 6.25. The third kappa shape index (κ3) is 3.40. The van der Waals surface area contributed by atoms with Crippen LogP contribution in [0, 0.1) is 5.82 Å². The van der Waals surface area contributed by atoms with Crippen molar-refractivity contribution in [3.63, 3.8) is 0 Å². The molecule has 1 N–H and O–H groups in total. The molecule has 2 heterocycles. The highest BCUT2D eigenvalue weighted by atomic mass is 19.1. The van der Waals surface area contributed by atoms with Crippen molar-refractivity contribution in [2.45, 2.75) is 12.1 Å². The highest BCUT2D eigenvalue weighted by Gasteiger charge is 2.55. The fourth-order valence-corrected chi connectivity index (χ4v) is 3.25. The molecule has 0 radical (unpaired) electrons. The molecule has 148 valence electrons. The summed E-state index contributed by atoms with van der Waals surface area (Å²) in [4.78, 5) is 38.9. The number of fused-ring (bicyclic) bond motifs is 1. The maximum absolute atomic E-state index is 13.3. The van der Waals surface area contributed by atoms with E-state index < -0.39 is 35.6 Å². The normalized spacial score (nSPS) is 20.2. The number of rotatable bonds is 5. The topological polar surface area (TPSA) is 104 Å². The Morgan fingerprint density at radius 3 is 2.62 bits per heavy atom. The Balaban J connectivity index is 1.48. The lowest BCUT2D eigenvalue weighted by molar-refractivity contribution is -0.123. The minimum absolute atomic E-state index is 0.274. The molecule has 2 unspecified atom stereocenters. The molecule has 3 amide bonds. The average molecular weight is 397 g/mol. The molecule has 4 rings (SSSR count). The fourth-order valence-electron chi connectivity index (χ4n) is 3.25. The quantitative estimate of drug-likeness (QED) is 0.775. The lowest BCUT2D eigenvalue weighted by Gasteiger charge is -2.20. The molecule has 0 aliphatic carbocycles. The largest absolute Gasteiger partial charge is 0.497 e. The number of hydrogen-bond donors (Lipinski definition) is 1. The number of nitrogens with one attached hydrogen (secondary N) is 1. The van der Waals surface area contributed by atoms with Crippen LogP contribution in [0.4, 0.5) is 15.8 Å². The van der Waals surface area contributed by atoms with Crippen molar-refractivity contribution in [1.82, 2.24) is 5.01 Å². The van der Waals surface area contributed by atoms with Crippen LogP contribution in [0.25, 0.3) is 0 Å². The van der Waals surface area contributed by atoms with Crippen molar-refractivity contribution < 1.29 is 23.5 Å². The maximum Gasteiger partial charge on any atom is 0.263 e. The number of methoxy groups -OCH3 is 1. The molecule has 2 aromatic carbocycles. The minimum atomic E-state index is -1.01. The number of nitrogens with zero attached hydrogens (tertiary/aromatic N) is 4. The van der Waals surface area contributed by atoms with Crippen LogP contribution in [0.1, 0.15) is 0 Å². The molecule has 2 atom stereocenters. The minimum Gasteiger partial charge on any atom is -0.497 e. The van der Waals surface area contributed by atoms with Crippen LogP contribution in [0.5, 0.6) is 5.75 Å². The summed E-state index contributed by atoms with van der Waals surface area (Å²) in [5.41, 5.74) is 0.658. The third-order valence-corrected chi connectivity index (χ3v) is 4.60. The van der Waals surface area contributed by atoms with Gasteiger partial charge in [-0.15, -0.1) is 0 Å². The maximum atomic E-state index is 13.3. The lowest BCUT2D eigenvalue weighted by atomic mass is 10.1. The molecular formula is C19H16FN5O4. The van der Waals surface area contributed by atoms with Gasteiger partial charge in [-0.05, 0) is 42.5 Å². The molecule has 1 fully saturated rings. The van der Waals surface area contributed by atoms with Crippen LogP contribution in [-0.4, -0.2) is 48.5 Å². The van der Waals surface area contributed by atoms with Gasteiger partial charge in [-0.3, -0.25) is 19.4 Å². The van der Waals surface area contributed by atoms with Gasteiger partial charge in [0, 0.05) is 5.69 Å². The zero-order valence-corrected chi connectivity index (χ0v) is 15.3. The van der Waals surface area contributed by atoms with Crippen molar-refractivity contribution >= 4 is 29.1 Å².